The summed E-state index contributed by atoms with van der Waals surface area (Å²) in [6.07, 6.45) is 2.85. The van der Waals surface area contributed by atoms with Gasteiger partial charge in [-0.15, -0.1) is 0 Å². The fourth-order valence-electron chi connectivity index (χ4n) is 1.74. The van der Waals surface area contributed by atoms with Crippen molar-refractivity contribution in [2.24, 2.45) is 0 Å². The van der Waals surface area contributed by atoms with Crippen molar-refractivity contribution in [3.63, 3.8) is 0 Å². The van der Waals surface area contributed by atoms with Crippen LogP contribution in [0.2, 0.25) is 0 Å². The molecule has 1 aromatic heterocycles. The van der Waals surface area contributed by atoms with Crippen molar-refractivity contribution in [1.29, 1.82) is 0 Å². The average molecular weight is 151 g/mol. The Morgan fingerprint density at radius 2 is 2.36 bits per heavy atom. The van der Waals surface area contributed by atoms with Crippen LogP contribution in [0.1, 0.15) is 31.3 Å². The molecule has 2 N–H and O–H groups in total. The van der Waals surface area contributed by atoms with Crippen LogP contribution < -0.4 is 5.32 Å². The van der Waals surface area contributed by atoms with Gasteiger partial charge in [-0.05, 0) is 13.8 Å². The smallest absolute Gasteiger partial charge is 0.0925 e. The van der Waals surface area contributed by atoms with Crippen molar-refractivity contribution in [3.8, 4) is 0 Å². The van der Waals surface area contributed by atoms with E-state index in [-0.39, 0.29) is 0 Å². The van der Waals surface area contributed by atoms with E-state index in [0.717, 1.165) is 6.42 Å². The Kier molecular flexibility index (Phi) is 1.46. The first kappa shape index (κ1) is 6.85. The molecule has 0 unspecified atom stereocenters. The Morgan fingerprint density at radius 3 is 3.18 bits per heavy atom. The summed E-state index contributed by atoms with van der Waals surface area (Å²) in [5.74, 6) is 0. The summed E-state index contributed by atoms with van der Waals surface area (Å²) in [6.45, 7) is 4.34. The maximum absolute atomic E-state index is 4.25. The van der Waals surface area contributed by atoms with E-state index >= 15 is 0 Å². The third kappa shape index (κ3) is 1.05. The first-order valence-corrected chi connectivity index (χ1v) is 4.05. The normalized spacial score (nSPS) is 30.0. The lowest BCUT2D eigenvalue weighted by atomic mass is 10.0. The van der Waals surface area contributed by atoms with E-state index in [9.17, 15) is 0 Å². The fraction of sp³-hybridized carbons (Fsp3) is 0.625. The molecule has 0 amide bonds. The summed E-state index contributed by atoms with van der Waals surface area (Å²) in [6, 6.07) is 0.970. The molecule has 60 valence electrons. The molecule has 0 bridgehead atoms. The summed E-state index contributed by atoms with van der Waals surface area (Å²) in [5.41, 5.74) is 2.48. The third-order valence-electron chi connectivity index (χ3n) is 2.21. The number of hydrogen-bond donors (Lipinski definition) is 2. The highest BCUT2D eigenvalue weighted by Crippen LogP contribution is 2.20. The van der Waals surface area contributed by atoms with Crippen molar-refractivity contribution < 1.29 is 0 Å². The summed E-state index contributed by atoms with van der Waals surface area (Å²) in [7, 11) is 0. The molecule has 1 aliphatic heterocycles. The predicted molar refractivity (Wildman–Crippen MR) is 43.3 cm³/mol. The highest BCUT2D eigenvalue weighted by molar-refractivity contribution is 5.19. The van der Waals surface area contributed by atoms with Gasteiger partial charge in [-0.3, -0.25) is 0 Å². The van der Waals surface area contributed by atoms with Crippen LogP contribution in [0.5, 0.6) is 0 Å². The lowest BCUT2D eigenvalue weighted by Crippen LogP contribution is -2.35. The molecule has 1 aliphatic rings. The van der Waals surface area contributed by atoms with E-state index in [2.05, 4.69) is 29.1 Å². The molecule has 2 rings (SSSR count). The van der Waals surface area contributed by atoms with E-state index in [4.69, 9.17) is 0 Å². The highest BCUT2D eigenvalue weighted by Gasteiger charge is 2.21. The molecule has 0 saturated heterocycles. The standard InChI is InChI=1S/C8H13N3/c1-5-3-7-8(6(2)11-5)10-4-9-7/h4-6,11H,3H2,1-2H3,(H,9,10)/t5-,6+/m1/s1. The minimum atomic E-state index is 0.403. The van der Waals surface area contributed by atoms with E-state index in [1.165, 1.54) is 11.4 Å². The highest BCUT2D eigenvalue weighted by atomic mass is 15.0. The van der Waals surface area contributed by atoms with Crippen LogP contribution in [0.3, 0.4) is 0 Å². The number of aromatic amines is 1. The predicted octanol–water partition coefficient (Wildman–Crippen LogP) is 1.00. The molecule has 3 nitrogen and oxygen atoms in total. The van der Waals surface area contributed by atoms with Crippen LogP contribution in [0.25, 0.3) is 0 Å². The maximum atomic E-state index is 4.25. The number of H-pyrrole nitrogens is 1. The summed E-state index contributed by atoms with van der Waals surface area (Å²) >= 11 is 0. The molecule has 2 heterocycles. The SMILES string of the molecule is C[C@@H]1Cc2[nH]cnc2[C@H](C)N1. The van der Waals surface area contributed by atoms with E-state index in [1.54, 1.807) is 6.33 Å². The summed E-state index contributed by atoms with van der Waals surface area (Å²) in [5, 5.41) is 3.44. The van der Waals surface area contributed by atoms with Gasteiger partial charge in [0.05, 0.1) is 12.0 Å². The van der Waals surface area contributed by atoms with Crippen molar-refractivity contribution >= 4 is 0 Å². The second-order valence-electron chi connectivity index (χ2n) is 3.26. The molecule has 0 fully saturated rings. The molecular weight excluding hydrogens is 138 g/mol. The minimum absolute atomic E-state index is 0.403. The quantitative estimate of drug-likeness (QED) is 0.581. The number of rotatable bonds is 0. The molecule has 0 spiro atoms. The number of nitrogens with zero attached hydrogens (tertiary/aromatic N) is 1. The van der Waals surface area contributed by atoms with Gasteiger partial charge < -0.3 is 10.3 Å². The second-order valence-corrected chi connectivity index (χ2v) is 3.26. The zero-order valence-corrected chi connectivity index (χ0v) is 6.89. The van der Waals surface area contributed by atoms with Crippen molar-refractivity contribution in [2.75, 3.05) is 0 Å². The van der Waals surface area contributed by atoms with Crippen LogP contribution in [-0.2, 0) is 6.42 Å². The van der Waals surface area contributed by atoms with Crippen molar-refractivity contribution in [3.05, 3.63) is 17.7 Å². The molecule has 0 aliphatic carbocycles. The first-order chi connectivity index (χ1) is 5.27. The number of aromatic nitrogens is 2. The van der Waals surface area contributed by atoms with Gasteiger partial charge in [0.15, 0.2) is 0 Å². The summed E-state index contributed by atoms with van der Waals surface area (Å²) < 4.78 is 0. The molecule has 0 aromatic carbocycles. The Bertz CT molecular complexity index is 254. The Balaban J connectivity index is 2.36. The number of fused-ring (bicyclic) bond motifs is 1. The molecule has 3 heteroatoms. The fourth-order valence-corrected chi connectivity index (χ4v) is 1.74. The number of imidazole rings is 1. The Labute approximate surface area is 66.2 Å². The van der Waals surface area contributed by atoms with Gasteiger partial charge in [-0.2, -0.15) is 0 Å². The van der Waals surface area contributed by atoms with E-state index in [0.29, 0.717) is 12.1 Å². The molecule has 0 radical (unpaired) electrons. The maximum Gasteiger partial charge on any atom is 0.0925 e. The van der Waals surface area contributed by atoms with Gasteiger partial charge in [0, 0.05) is 24.2 Å². The zero-order chi connectivity index (χ0) is 7.84. The van der Waals surface area contributed by atoms with Crippen LogP contribution >= 0.6 is 0 Å². The van der Waals surface area contributed by atoms with Crippen LogP contribution in [-0.4, -0.2) is 16.0 Å². The van der Waals surface area contributed by atoms with Crippen LogP contribution in [0.4, 0.5) is 0 Å². The van der Waals surface area contributed by atoms with E-state index in [1.807, 2.05) is 0 Å². The number of nitrogens with one attached hydrogen (secondary N) is 2. The van der Waals surface area contributed by atoms with Crippen molar-refractivity contribution in [1.82, 2.24) is 15.3 Å². The molecule has 1 aromatic rings. The van der Waals surface area contributed by atoms with Gasteiger partial charge in [0.2, 0.25) is 0 Å². The molecule has 11 heavy (non-hydrogen) atoms. The monoisotopic (exact) mass is 151 g/mol. The topological polar surface area (TPSA) is 40.7 Å². The van der Waals surface area contributed by atoms with Crippen molar-refractivity contribution in [2.45, 2.75) is 32.4 Å². The van der Waals surface area contributed by atoms with Crippen LogP contribution in [0.15, 0.2) is 6.33 Å². The third-order valence-corrected chi connectivity index (χ3v) is 2.21. The lowest BCUT2D eigenvalue weighted by molar-refractivity contribution is 0.436. The van der Waals surface area contributed by atoms with E-state index < -0.39 is 0 Å². The molecule has 0 saturated carbocycles. The van der Waals surface area contributed by atoms with Crippen LogP contribution in [0, 0.1) is 0 Å². The summed E-state index contributed by atoms with van der Waals surface area (Å²) in [4.78, 5) is 7.42. The zero-order valence-electron chi connectivity index (χ0n) is 6.89. The van der Waals surface area contributed by atoms with Gasteiger partial charge >= 0.3 is 0 Å². The minimum Gasteiger partial charge on any atom is -0.348 e. The van der Waals surface area contributed by atoms with Gasteiger partial charge in [-0.1, -0.05) is 0 Å². The Morgan fingerprint density at radius 1 is 1.55 bits per heavy atom. The number of hydrogen-bond acceptors (Lipinski definition) is 2. The molecule has 2 atom stereocenters. The first-order valence-electron chi connectivity index (χ1n) is 4.05. The Hall–Kier alpha value is -0.830. The molecular formula is C8H13N3. The van der Waals surface area contributed by atoms with Gasteiger partial charge in [-0.25, -0.2) is 4.98 Å². The second kappa shape index (κ2) is 2.34. The lowest BCUT2D eigenvalue weighted by Gasteiger charge is -2.24. The van der Waals surface area contributed by atoms with Gasteiger partial charge in [0.1, 0.15) is 0 Å². The average Bonchev–Trinajstić information content (AvgIpc) is 2.34. The largest absolute Gasteiger partial charge is 0.348 e. The van der Waals surface area contributed by atoms with Gasteiger partial charge in [0.25, 0.3) is 0 Å².